The minimum Gasteiger partial charge on any atom is -0.520 e. The number of esters is 1. The zero-order valence-electron chi connectivity index (χ0n) is 17.3. The SMILES string of the molecule is CC.CC(C)(C)OC(=O)CNC(=O)C(Cc1ccccc1)N[C-]=O.[CH3-].[Cs+].[Fm]. The molecule has 2 N–H and O–H groups in total. The van der Waals surface area contributed by atoms with Crippen molar-refractivity contribution in [3.63, 3.8) is 0 Å². The van der Waals surface area contributed by atoms with Gasteiger partial charge in [0.1, 0.15) is 12.1 Å². The van der Waals surface area contributed by atoms with E-state index in [1.165, 1.54) is 6.41 Å². The van der Waals surface area contributed by atoms with Crippen molar-refractivity contribution in [1.29, 1.82) is 0 Å². The van der Waals surface area contributed by atoms with Gasteiger partial charge < -0.3 is 27.6 Å². The molecule has 6 nitrogen and oxygen atoms in total. The molecule has 154 valence electrons. The Labute approximate surface area is 216 Å². The van der Waals surface area contributed by atoms with Crippen LogP contribution in [0.1, 0.15) is 40.2 Å². The first-order chi connectivity index (χ1) is 11.3. The minimum atomic E-state index is -0.790. The van der Waals surface area contributed by atoms with Gasteiger partial charge in [0.25, 0.3) is 0 Å². The quantitative estimate of drug-likeness (QED) is 0.218. The van der Waals surface area contributed by atoms with Gasteiger partial charge >= 0.3 is 74.9 Å². The molecule has 1 unspecified atom stereocenters. The van der Waals surface area contributed by atoms with Gasteiger partial charge in [0.15, 0.2) is 0 Å². The fourth-order valence-corrected chi connectivity index (χ4v) is 1.79. The molecule has 0 aliphatic heterocycles. The molecule has 8 heteroatoms. The van der Waals surface area contributed by atoms with Gasteiger partial charge in [0.2, 0.25) is 5.91 Å². The van der Waals surface area contributed by atoms with E-state index in [-0.39, 0.29) is 82.9 Å². The second-order valence-electron chi connectivity index (χ2n) is 5.79. The molecule has 27 heavy (non-hydrogen) atoms. The van der Waals surface area contributed by atoms with Crippen molar-refractivity contribution in [1.82, 2.24) is 10.6 Å². The van der Waals surface area contributed by atoms with Crippen LogP contribution >= 0.6 is 0 Å². The molecule has 1 rings (SSSR count). The van der Waals surface area contributed by atoms with Crippen molar-refractivity contribution in [3.8, 4) is 0 Å². The van der Waals surface area contributed by atoms with E-state index in [2.05, 4.69) is 10.6 Å². The zero-order chi connectivity index (χ0) is 18.6. The predicted molar refractivity (Wildman–Crippen MR) is 99.4 cm³/mol. The van der Waals surface area contributed by atoms with Crippen LogP contribution < -0.4 is 79.5 Å². The third-order valence-electron chi connectivity index (χ3n) is 2.66. The minimum absolute atomic E-state index is 0. The van der Waals surface area contributed by atoms with Gasteiger partial charge in [0, 0.05) is 0 Å². The van der Waals surface area contributed by atoms with Crippen molar-refractivity contribution in [2.75, 3.05) is 6.54 Å². The Bertz CT molecular complexity index is 522. The maximum atomic E-state index is 12.0. The molecule has 0 spiro atoms. The van der Waals surface area contributed by atoms with Crippen LogP contribution in [0.3, 0.4) is 0 Å². The Morgan fingerprint density at radius 1 is 1.15 bits per heavy atom. The standard InChI is InChI=1S/C16H21N2O4.C2H6.CH3.Cs.Fm/c1-16(2,3)22-14(20)10-17-15(21)13(18-11-19)9-12-7-5-4-6-8-12;1-2;;;/h4-8,13H,9-10H2,1-3H3,(H,17,21)(H,18,19);1-2H3;1H3;;/q-1;;-1;+1;. The third-order valence-corrected chi connectivity index (χ3v) is 2.66. The first-order valence-corrected chi connectivity index (χ1v) is 7.98. The average molecular weight is 740 g/mol. The van der Waals surface area contributed by atoms with E-state index >= 15 is 0 Å². The topological polar surface area (TPSA) is 84.5 Å². The van der Waals surface area contributed by atoms with E-state index in [1.807, 2.05) is 44.2 Å². The van der Waals surface area contributed by atoms with Gasteiger partial charge in [-0.1, -0.05) is 44.2 Å². The number of ether oxygens (including phenoxy) is 1. The second kappa shape index (κ2) is 18.1. The number of amides is 2. The molecule has 0 saturated carbocycles. The van der Waals surface area contributed by atoms with Gasteiger partial charge in [-0.25, -0.2) is 0 Å². The molecule has 0 aliphatic carbocycles. The van der Waals surface area contributed by atoms with Gasteiger partial charge in [-0.05, 0) is 32.8 Å². The Balaban J connectivity index is -0.000000511. The summed E-state index contributed by atoms with van der Waals surface area (Å²) in [4.78, 5) is 34.1. The number of hydrogen-bond acceptors (Lipinski definition) is 4. The van der Waals surface area contributed by atoms with Crippen molar-refractivity contribution in [3.05, 3.63) is 43.3 Å². The Morgan fingerprint density at radius 3 is 2.11 bits per heavy atom. The van der Waals surface area contributed by atoms with E-state index in [0.29, 0.717) is 6.42 Å². The van der Waals surface area contributed by atoms with E-state index in [1.54, 1.807) is 20.8 Å². The molecule has 1 atom stereocenters. The number of nitrogens with one attached hydrogen (secondary N) is 2. The molecule has 0 fully saturated rings. The summed E-state index contributed by atoms with van der Waals surface area (Å²) < 4.78 is 5.09. The Morgan fingerprint density at radius 2 is 1.67 bits per heavy atom. The van der Waals surface area contributed by atoms with Gasteiger partial charge in [-0.2, -0.15) is 6.41 Å². The van der Waals surface area contributed by atoms with Gasteiger partial charge in [-0.3, -0.25) is 9.59 Å². The molecule has 1 aromatic rings. The smallest absolute Gasteiger partial charge is 0.520 e. The van der Waals surface area contributed by atoms with Crippen molar-refractivity contribution in [2.24, 2.45) is 0 Å². The monoisotopic (exact) mass is 740 g/mol. The molecule has 0 aromatic heterocycles. The fourth-order valence-electron chi connectivity index (χ4n) is 1.79. The van der Waals surface area contributed by atoms with Gasteiger partial charge in [0.05, 0.1) is 6.04 Å². The predicted octanol–water partition coefficient (Wildman–Crippen LogP) is -0.807. The van der Waals surface area contributed by atoms with Crippen LogP contribution in [0.15, 0.2) is 30.3 Å². The van der Waals surface area contributed by atoms with E-state index < -0.39 is 23.5 Å². The summed E-state index contributed by atoms with van der Waals surface area (Å²) >= 11 is 0. The summed E-state index contributed by atoms with van der Waals surface area (Å²) in [6.45, 7) is 8.98. The maximum absolute atomic E-state index is 12.0. The van der Waals surface area contributed by atoms with Crippen molar-refractivity contribution in [2.45, 2.75) is 52.7 Å². The average Bonchev–Trinajstić information content (AvgIpc) is 2.53. The first-order valence-electron chi connectivity index (χ1n) is 7.98. The maximum Gasteiger partial charge on any atom is 1.00 e. The fraction of sp³-hybridized carbons (Fsp3) is 0.474. The molecule has 0 bridgehead atoms. The summed E-state index contributed by atoms with van der Waals surface area (Å²) in [5.41, 5.74) is 0.280. The van der Waals surface area contributed by atoms with Crippen molar-refractivity contribution >= 4 is 18.3 Å². The molecule has 2 amide bonds. The molecule has 0 saturated heterocycles. The van der Waals surface area contributed by atoms with Gasteiger partial charge in [-0.15, -0.1) is 0 Å². The van der Waals surface area contributed by atoms with E-state index in [0.717, 1.165) is 5.56 Å². The number of carbonyl (C=O) groups excluding carboxylic acids is 3. The first kappa shape index (κ1) is 33.3. The normalized spacial score (nSPS) is 10.1. The Hall–Kier alpha value is -1.32. The summed E-state index contributed by atoms with van der Waals surface area (Å²) in [5.74, 6) is -0.993. The number of hydrogen-bond donors (Lipinski definition) is 2. The number of carbonyl (C=O) groups is 2. The van der Waals surface area contributed by atoms with Crippen LogP contribution in [0.5, 0.6) is 0 Å². The largest absolute Gasteiger partial charge is 1.00 e. The summed E-state index contributed by atoms with van der Waals surface area (Å²) in [6, 6.07) is 8.45. The van der Waals surface area contributed by atoms with E-state index in [9.17, 15) is 14.4 Å². The molecule has 0 heterocycles. The van der Waals surface area contributed by atoms with Crippen LogP contribution in [0, 0.1) is 7.43 Å². The Kier molecular flexibility index (Phi) is 22.3. The third kappa shape index (κ3) is 16.6. The van der Waals surface area contributed by atoms with Crippen LogP contribution in [0.25, 0.3) is 0 Å². The van der Waals surface area contributed by atoms with E-state index in [4.69, 9.17) is 4.74 Å². The van der Waals surface area contributed by atoms with Crippen LogP contribution in [-0.4, -0.2) is 36.5 Å². The summed E-state index contributed by atoms with van der Waals surface area (Å²) in [5, 5.41) is 4.79. The van der Waals surface area contributed by atoms with Crippen molar-refractivity contribution < 1.29 is 88.0 Å². The molecular formula is C19H30CsFmN2O4-. The second-order valence-corrected chi connectivity index (χ2v) is 5.79. The molecule has 0 aliphatic rings. The van der Waals surface area contributed by atoms with Crippen LogP contribution in [-0.2, 0) is 25.5 Å². The summed E-state index contributed by atoms with van der Waals surface area (Å²) in [6.07, 6.45) is 1.83. The van der Waals surface area contributed by atoms with Crippen LogP contribution in [0.4, 0.5) is 0 Å². The van der Waals surface area contributed by atoms with Crippen LogP contribution in [0.2, 0.25) is 0 Å². The number of rotatable bonds is 7. The molecule has 1 aromatic carbocycles. The molecule has 0 radical (unpaired) electrons. The summed E-state index contributed by atoms with van der Waals surface area (Å²) in [7, 11) is 0. The zero-order valence-corrected chi connectivity index (χ0v) is 26.0. The number of benzene rings is 1. The molecular weight excluding hydrogens is 710 g/mol.